The highest BCUT2D eigenvalue weighted by Gasteiger charge is 2.62. The van der Waals surface area contributed by atoms with Crippen LogP contribution in [-0.4, -0.2) is 34.9 Å². The number of carbonyl (C=O) groups excluding carboxylic acids is 2. The van der Waals surface area contributed by atoms with E-state index in [0.717, 1.165) is 11.3 Å². The van der Waals surface area contributed by atoms with E-state index in [4.69, 9.17) is 10.5 Å². The summed E-state index contributed by atoms with van der Waals surface area (Å²) in [6, 6.07) is 0. The van der Waals surface area contributed by atoms with Gasteiger partial charge >= 0.3 is 0 Å². The van der Waals surface area contributed by atoms with E-state index in [1.54, 1.807) is 0 Å². The van der Waals surface area contributed by atoms with E-state index in [0.29, 0.717) is 23.0 Å². The third-order valence-electron chi connectivity index (χ3n) is 4.31. The number of hydrogen-bond donors (Lipinski definition) is 2. The Hall–Kier alpha value is -1.31. The van der Waals surface area contributed by atoms with Crippen molar-refractivity contribution in [2.45, 2.75) is 45.8 Å². The molecule has 1 aromatic rings. The fraction of sp³-hybridized carbons (Fsp3) is 0.643. The van der Waals surface area contributed by atoms with E-state index in [9.17, 15) is 9.59 Å². The van der Waals surface area contributed by atoms with Crippen LogP contribution in [0.15, 0.2) is 6.20 Å². The van der Waals surface area contributed by atoms with E-state index in [1.165, 1.54) is 13.1 Å². The molecule has 1 aromatic heterocycles. The van der Waals surface area contributed by atoms with Crippen molar-refractivity contribution in [2.24, 2.45) is 11.1 Å². The molecule has 6 nitrogen and oxygen atoms in total. The first-order valence-electron chi connectivity index (χ1n) is 6.91. The molecule has 2 unspecified atom stereocenters. The van der Waals surface area contributed by atoms with Crippen molar-refractivity contribution in [3.63, 3.8) is 0 Å². The first kappa shape index (κ1) is 16.1. The fourth-order valence-electron chi connectivity index (χ4n) is 2.52. The Labute approximate surface area is 128 Å². The van der Waals surface area contributed by atoms with Gasteiger partial charge in [0.1, 0.15) is 5.54 Å². The molecule has 1 aliphatic rings. The third-order valence-corrected chi connectivity index (χ3v) is 5.32. The lowest BCUT2D eigenvalue weighted by Gasteiger charge is -2.57. The number of aromatic nitrogens is 1. The van der Waals surface area contributed by atoms with Gasteiger partial charge in [0.15, 0.2) is 10.9 Å². The fourth-order valence-corrected chi connectivity index (χ4v) is 3.23. The minimum absolute atomic E-state index is 0.0256. The molecule has 0 saturated heterocycles. The van der Waals surface area contributed by atoms with Crippen LogP contribution >= 0.6 is 11.3 Å². The second-order valence-electron chi connectivity index (χ2n) is 5.88. The molecule has 21 heavy (non-hydrogen) atoms. The van der Waals surface area contributed by atoms with Gasteiger partial charge in [0.05, 0.1) is 17.2 Å². The summed E-state index contributed by atoms with van der Waals surface area (Å²) in [5.41, 5.74) is 4.84. The highest BCUT2D eigenvalue weighted by atomic mass is 32.1. The molecule has 116 valence electrons. The van der Waals surface area contributed by atoms with Gasteiger partial charge in [0.25, 0.3) is 0 Å². The molecule has 0 aliphatic heterocycles. The van der Waals surface area contributed by atoms with Gasteiger partial charge in [0.2, 0.25) is 5.91 Å². The quantitative estimate of drug-likeness (QED) is 0.809. The summed E-state index contributed by atoms with van der Waals surface area (Å²) < 4.78 is 5.61. The molecule has 0 radical (unpaired) electrons. The Bertz CT molecular complexity index is 570. The summed E-state index contributed by atoms with van der Waals surface area (Å²) in [5.74, 6) is -0.358. The van der Waals surface area contributed by atoms with Crippen molar-refractivity contribution in [1.82, 2.24) is 4.98 Å². The molecule has 7 heteroatoms. The largest absolute Gasteiger partial charge is 0.378 e. The molecule has 0 bridgehead atoms. The van der Waals surface area contributed by atoms with Crippen molar-refractivity contribution in [1.29, 1.82) is 0 Å². The Morgan fingerprint density at radius 2 is 2.24 bits per heavy atom. The maximum absolute atomic E-state index is 12.5. The Morgan fingerprint density at radius 1 is 1.57 bits per heavy atom. The van der Waals surface area contributed by atoms with Crippen molar-refractivity contribution in [2.75, 3.05) is 11.9 Å². The smallest absolute Gasteiger partial charge is 0.246 e. The molecule has 1 fully saturated rings. The number of ketones is 1. The average Bonchev–Trinajstić information content (AvgIpc) is 2.86. The number of ether oxygens (including phenoxy) is 1. The van der Waals surface area contributed by atoms with Gasteiger partial charge < -0.3 is 15.8 Å². The predicted octanol–water partition coefficient (Wildman–Crippen LogP) is 1.82. The maximum Gasteiger partial charge on any atom is 0.246 e. The van der Waals surface area contributed by atoms with E-state index >= 15 is 0 Å². The van der Waals surface area contributed by atoms with Gasteiger partial charge in [-0.25, -0.2) is 4.98 Å². The minimum atomic E-state index is -0.991. The first-order chi connectivity index (χ1) is 9.72. The molecule has 3 N–H and O–H groups in total. The first-order valence-corrected chi connectivity index (χ1v) is 7.72. The molecule has 1 amide bonds. The van der Waals surface area contributed by atoms with Gasteiger partial charge in [-0.1, -0.05) is 25.2 Å². The molecule has 1 aliphatic carbocycles. The summed E-state index contributed by atoms with van der Waals surface area (Å²) in [6.07, 6.45) is 1.91. The van der Waals surface area contributed by atoms with E-state index < -0.39 is 11.0 Å². The number of Topliss-reactive ketones (excluding diaryl/α,β-unsaturated/α-hetero) is 1. The molecule has 0 spiro atoms. The monoisotopic (exact) mass is 311 g/mol. The zero-order valence-electron chi connectivity index (χ0n) is 12.7. The van der Waals surface area contributed by atoms with Gasteiger partial charge in [-0.15, -0.1) is 0 Å². The SMILES string of the molecule is CCOC1CC(N)(C(=O)Nc2ncc(C(C)=O)s2)C1(C)C. The van der Waals surface area contributed by atoms with Crippen molar-refractivity contribution in [3.8, 4) is 0 Å². The topological polar surface area (TPSA) is 94.3 Å². The lowest BCUT2D eigenvalue weighted by Crippen LogP contribution is -2.74. The maximum atomic E-state index is 12.5. The summed E-state index contributed by atoms with van der Waals surface area (Å²) >= 11 is 1.15. The van der Waals surface area contributed by atoms with Gasteiger partial charge in [-0.3, -0.25) is 9.59 Å². The van der Waals surface area contributed by atoms with Crippen LogP contribution in [0, 0.1) is 5.41 Å². The minimum Gasteiger partial charge on any atom is -0.378 e. The van der Waals surface area contributed by atoms with Crippen LogP contribution in [0.5, 0.6) is 0 Å². The lowest BCUT2D eigenvalue weighted by molar-refractivity contribution is -0.166. The summed E-state index contributed by atoms with van der Waals surface area (Å²) in [4.78, 5) is 28.2. The van der Waals surface area contributed by atoms with Gasteiger partial charge in [-0.05, 0) is 6.92 Å². The number of rotatable bonds is 5. The van der Waals surface area contributed by atoms with E-state index in [-0.39, 0.29) is 17.8 Å². The molecule has 2 atom stereocenters. The molecule has 1 heterocycles. The summed E-state index contributed by atoms with van der Waals surface area (Å²) in [6.45, 7) is 7.84. The number of nitrogens with one attached hydrogen (secondary N) is 1. The van der Waals surface area contributed by atoms with E-state index in [1.807, 2.05) is 20.8 Å². The van der Waals surface area contributed by atoms with Crippen LogP contribution < -0.4 is 11.1 Å². The number of thiazole rings is 1. The van der Waals surface area contributed by atoms with Crippen LogP contribution in [-0.2, 0) is 9.53 Å². The number of anilines is 1. The third kappa shape index (κ3) is 2.61. The Morgan fingerprint density at radius 3 is 2.71 bits per heavy atom. The second-order valence-corrected chi connectivity index (χ2v) is 6.91. The zero-order valence-corrected chi connectivity index (χ0v) is 13.5. The molecule has 1 saturated carbocycles. The summed E-state index contributed by atoms with van der Waals surface area (Å²) in [7, 11) is 0. The van der Waals surface area contributed by atoms with Crippen LogP contribution in [0.3, 0.4) is 0 Å². The highest BCUT2D eigenvalue weighted by Crippen LogP contribution is 2.50. The molecular weight excluding hydrogens is 290 g/mol. The zero-order chi connectivity index (χ0) is 15.8. The standard InChI is InChI=1S/C14H21N3O3S/c1-5-20-10-6-14(15,13(10,3)4)11(19)17-12-16-7-9(21-12)8(2)18/h7,10H,5-6,15H2,1-4H3,(H,16,17,19). The van der Waals surface area contributed by atoms with Crippen molar-refractivity contribution >= 4 is 28.2 Å². The normalized spacial score (nSPS) is 27.0. The lowest BCUT2D eigenvalue weighted by atomic mass is 9.54. The Balaban J connectivity index is 2.08. The average molecular weight is 311 g/mol. The predicted molar refractivity (Wildman–Crippen MR) is 81.5 cm³/mol. The Kier molecular flexibility index (Phi) is 4.19. The van der Waals surface area contributed by atoms with Gasteiger partial charge in [0, 0.05) is 25.4 Å². The number of hydrogen-bond acceptors (Lipinski definition) is 6. The number of nitrogens with zero attached hydrogens (tertiary/aromatic N) is 1. The highest BCUT2D eigenvalue weighted by molar-refractivity contribution is 7.17. The van der Waals surface area contributed by atoms with Crippen molar-refractivity contribution < 1.29 is 14.3 Å². The molecule has 2 rings (SSSR count). The molecule has 0 aromatic carbocycles. The number of amides is 1. The van der Waals surface area contributed by atoms with Gasteiger partial charge in [-0.2, -0.15) is 0 Å². The van der Waals surface area contributed by atoms with E-state index in [2.05, 4.69) is 10.3 Å². The number of carbonyl (C=O) groups is 2. The van der Waals surface area contributed by atoms with Crippen LogP contribution in [0.2, 0.25) is 0 Å². The molecular formula is C14H21N3O3S. The van der Waals surface area contributed by atoms with Crippen LogP contribution in [0.1, 0.15) is 43.8 Å². The summed E-state index contributed by atoms with van der Waals surface area (Å²) in [5, 5.41) is 3.11. The second kappa shape index (κ2) is 5.47. The van der Waals surface area contributed by atoms with Crippen molar-refractivity contribution in [3.05, 3.63) is 11.1 Å². The number of nitrogens with two attached hydrogens (primary N) is 1. The van der Waals surface area contributed by atoms with Crippen LogP contribution in [0.25, 0.3) is 0 Å². The van der Waals surface area contributed by atoms with Crippen LogP contribution in [0.4, 0.5) is 5.13 Å².